The number of aliphatic hydroxyl groups is 1. The summed E-state index contributed by atoms with van der Waals surface area (Å²) in [6, 6.07) is 8.48. The highest BCUT2D eigenvalue weighted by molar-refractivity contribution is 5.43. The predicted molar refractivity (Wildman–Crippen MR) is 103 cm³/mol. The van der Waals surface area contributed by atoms with E-state index >= 15 is 0 Å². The van der Waals surface area contributed by atoms with Gasteiger partial charge in [-0.25, -0.2) is 9.07 Å². The highest BCUT2D eigenvalue weighted by Crippen LogP contribution is 2.24. The maximum atomic E-state index is 13.6. The van der Waals surface area contributed by atoms with Gasteiger partial charge in [0.15, 0.2) is 0 Å². The fourth-order valence-corrected chi connectivity index (χ4v) is 3.18. The summed E-state index contributed by atoms with van der Waals surface area (Å²) in [5.41, 5.74) is 3.94. The number of benzene rings is 1. The molecule has 6 nitrogen and oxygen atoms in total. The van der Waals surface area contributed by atoms with Crippen molar-refractivity contribution in [1.82, 2.24) is 19.6 Å². The Labute approximate surface area is 158 Å². The Kier molecular flexibility index (Phi) is 5.51. The van der Waals surface area contributed by atoms with E-state index in [9.17, 15) is 9.50 Å². The van der Waals surface area contributed by atoms with Gasteiger partial charge in [0, 0.05) is 24.2 Å². The molecule has 0 saturated heterocycles. The Morgan fingerprint density at radius 3 is 2.63 bits per heavy atom. The van der Waals surface area contributed by atoms with Crippen LogP contribution in [-0.4, -0.2) is 31.4 Å². The molecule has 3 rings (SSSR count). The Morgan fingerprint density at radius 1 is 1.19 bits per heavy atom. The first kappa shape index (κ1) is 19.0. The Hall–Kier alpha value is -2.80. The largest absolute Gasteiger partial charge is 0.389 e. The molecule has 0 spiro atoms. The molecule has 0 unspecified atom stereocenters. The summed E-state index contributed by atoms with van der Waals surface area (Å²) in [5.74, 6) is -0.388. The smallest absolute Gasteiger partial charge is 0.123 e. The molecular weight excluding hydrogens is 345 g/mol. The van der Waals surface area contributed by atoms with Crippen LogP contribution in [0.25, 0.3) is 5.69 Å². The molecule has 7 heteroatoms. The summed E-state index contributed by atoms with van der Waals surface area (Å²) in [6.07, 6.45) is 1.44. The van der Waals surface area contributed by atoms with E-state index in [4.69, 9.17) is 0 Å². The van der Waals surface area contributed by atoms with E-state index in [0.717, 1.165) is 17.1 Å². The van der Waals surface area contributed by atoms with Gasteiger partial charge >= 0.3 is 0 Å². The highest BCUT2D eigenvalue weighted by atomic mass is 19.1. The van der Waals surface area contributed by atoms with Gasteiger partial charge in [-0.05, 0) is 57.8 Å². The quantitative estimate of drug-likeness (QED) is 0.647. The van der Waals surface area contributed by atoms with Crippen LogP contribution in [0, 0.1) is 5.82 Å². The topological polar surface area (TPSA) is 68.2 Å². The zero-order chi connectivity index (χ0) is 19.6. The molecule has 0 amide bonds. The lowest BCUT2D eigenvalue weighted by molar-refractivity contribution is 0.198. The van der Waals surface area contributed by atoms with E-state index in [1.807, 2.05) is 16.8 Å². The number of hydrogen-bond donors (Lipinski definition) is 1. The zero-order valence-electron chi connectivity index (χ0n) is 15.8. The third kappa shape index (κ3) is 3.98. The molecule has 0 fully saturated rings. The molecule has 0 aliphatic rings. The number of aliphatic imine (C=N–C) groups is 1. The van der Waals surface area contributed by atoms with Crippen molar-refractivity contribution >= 4 is 6.72 Å². The second-order valence-corrected chi connectivity index (χ2v) is 6.84. The SMILES string of the molecule is C=NCc1cc(Cc2ccnn2-c2ccc(F)cc2[C@@H](C)O)nn1C(C)C. The molecule has 0 radical (unpaired) electrons. The first-order valence-electron chi connectivity index (χ1n) is 8.91. The second kappa shape index (κ2) is 7.84. The fourth-order valence-electron chi connectivity index (χ4n) is 3.18. The molecule has 0 saturated carbocycles. The van der Waals surface area contributed by atoms with Crippen molar-refractivity contribution in [3.63, 3.8) is 0 Å². The summed E-state index contributed by atoms with van der Waals surface area (Å²) in [6.45, 7) is 9.83. The highest BCUT2D eigenvalue weighted by Gasteiger charge is 2.16. The zero-order valence-corrected chi connectivity index (χ0v) is 15.8. The standard InChI is InChI=1S/C20H24FN5O/c1-13(2)25-18(12-22-4)11-16(24-25)10-17-7-8-23-26(17)20-6-5-15(21)9-19(20)14(3)27/h5-9,11,13-14,27H,4,10,12H2,1-3H3/t14-/m1/s1. The van der Waals surface area contributed by atoms with Crippen molar-refractivity contribution in [2.45, 2.75) is 45.9 Å². The van der Waals surface area contributed by atoms with Crippen LogP contribution in [0.15, 0.2) is 41.5 Å². The normalized spacial score (nSPS) is 12.5. The van der Waals surface area contributed by atoms with Crippen LogP contribution in [0.2, 0.25) is 0 Å². The molecule has 0 bridgehead atoms. The monoisotopic (exact) mass is 369 g/mol. The number of aliphatic hydroxyl groups excluding tert-OH is 1. The minimum atomic E-state index is -0.807. The van der Waals surface area contributed by atoms with Gasteiger partial charge in [0.05, 0.1) is 35.4 Å². The van der Waals surface area contributed by atoms with Crippen LogP contribution < -0.4 is 0 Å². The van der Waals surface area contributed by atoms with Crippen LogP contribution in [-0.2, 0) is 13.0 Å². The van der Waals surface area contributed by atoms with Gasteiger partial charge in [-0.2, -0.15) is 10.2 Å². The molecule has 1 atom stereocenters. The summed E-state index contributed by atoms with van der Waals surface area (Å²) < 4.78 is 17.3. The van der Waals surface area contributed by atoms with E-state index in [-0.39, 0.29) is 11.9 Å². The van der Waals surface area contributed by atoms with E-state index in [2.05, 4.69) is 35.8 Å². The average Bonchev–Trinajstić information content (AvgIpc) is 3.22. The van der Waals surface area contributed by atoms with Crippen LogP contribution in [0.3, 0.4) is 0 Å². The van der Waals surface area contributed by atoms with Gasteiger partial charge < -0.3 is 5.11 Å². The average molecular weight is 369 g/mol. The first-order valence-corrected chi connectivity index (χ1v) is 8.91. The van der Waals surface area contributed by atoms with Gasteiger partial charge in [0.2, 0.25) is 0 Å². The second-order valence-electron chi connectivity index (χ2n) is 6.84. The summed E-state index contributed by atoms with van der Waals surface area (Å²) in [4.78, 5) is 3.97. The minimum Gasteiger partial charge on any atom is -0.389 e. The van der Waals surface area contributed by atoms with Gasteiger partial charge in [0.25, 0.3) is 0 Å². The lowest BCUT2D eigenvalue weighted by Crippen LogP contribution is -2.09. The maximum Gasteiger partial charge on any atom is 0.123 e. The van der Waals surface area contributed by atoms with Crippen molar-refractivity contribution in [2.75, 3.05) is 0 Å². The first-order chi connectivity index (χ1) is 12.9. The minimum absolute atomic E-state index is 0.222. The van der Waals surface area contributed by atoms with Crippen LogP contribution in [0.1, 0.15) is 55.6 Å². The molecule has 27 heavy (non-hydrogen) atoms. The lowest BCUT2D eigenvalue weighted by atomic mass is 10.1. The number of hydrogen-bond acceptors (Lipinski definition) is 4. The Balaban J connectivity index is 1.98. The van der Waals surface area contributed by atoms with Crippen LogP contribution >= 0.6 is 0 Å². The fraction of sp³-hybridized carbons (Fsp3) is 0.350. The van der Waals surface area contributed by atoms with Gasteiger partial charge in [-0.3, -0.25) is 9.67 Å². The number of halogens is 1. The molecule has 2 aromatic heterocycles. The lowest BCUT2D eigenvalue weighted by Gasteiger charge is -2.14. The van der Waals surface area contributed by atoms with Crippen LogP contribution in [0.4, 0.5) is 4.39 Å². The van der Waals surface area contributed by atoms with E-state index < -0.39 is 6.10 Å². The number of nitrogens with zero attached hydrogens (tertiary/aromatic N) is 5. The van der Waals surface area contributed by atoms with E-state index in [1.54, 1.807) is 23.9 Å². The Bertz CT molecular complexity index is 942. The third-order valence-electron chi connectivity index (χ3n) is 4.38. The molecule has 2 heterocycles. The number of rotatable bonds is 7. The molecule has 0 aliphatic heterocycles. The van der Waals surface area contributed by atoms with Gasteiger partial charge in [-0.15, -0.1) is 0 Å². The van der Waals surface area contributed by atoms with Crippen LogP contribution in [0.5, 0.6) is 0 Å². The third-order valence-corrected chi connectivity index (χ3v) is 4.38. The van der Waals surface area contributed by atoms with Gasteiger partial charge in [0.1, 0.15) is 5.82 Å². The van der Waals surface area contributed by atoms with E-state index in [0.29, 0.717) is 24.2 Å². The Morgan fingerprint density at radius 2 is 1.96 bits per heavy atom. The van der Waals surface area contributed by atoms with Crippen molar-refractivity contribution in [2.24, 2.45) is 4.99 Å². The molecule has 0 aliphatic carbocycles. The summed E-state index contributed by atoms with van der Waals surface area (Å²) >= 11 is 0. The van der Waals surface area contributed by atoms with Crippen molar-refractivity contribution in [1.29, 1.82) is 0 Å². The molecule has 3 aromatic rings. The van der Waals surface area contributed by atoms with Gasteiger partial charge in [-0.1, -0.05) is 0 Å². The summed E-state index contributed by atoms with van der Waals surface area (Å²) in [5, 5.41) is 19.1. The molecule has 1 N–H and O–H groups in total. The van der Waals surface area contributed by atoms with Crippen molar-refractivity contribution in [3.05, 3.63) is 65.0 Å². The molecule has 1 aromatic carbocycles. The van der Waals surface area contributed by atoms with Crippen molar-refractivity contribution in [3.8, 4) is 5.69 Å². The molecule has 142 valence electrons. The van der Waals surface area contributed by atoms with E-state index in [1.165, 1.54) is 12.1 Å². The van der Waals surface area contributed by atoms with Crippen molar-refractivity contribution < 1.29 is 9.50 Å². The maximum absolute atomic E-state index is 13.6. The number of aromatic nitrogens is 4. The summed E-state index contributed by atoms with van der Waals surface area (Å²) in [7, 11) is 0. The predicted octanol–water partition coefficient (Wildman–Crippen LogP) is 3.63. The molecular formula is C20H24FN5O.